The number of ketones is 2. The van der Waals surface area contributed by atoms with Gasteiger partial charge in [-0.2, -0.15) is 0 Å². The molecule has 0 N–H and O–H groups in total. The van der Waals surface area contributed by atoms with E-state index in [0.717, 1.165) is 41.5 Å². The summed E-state index contributed by atoms with van der Waals surface area (Å²) >= 11 is 0. The van der Waals surface area contributed by atoms with Crippen LogP contribution in [0.1, 0.15) is 62.2 Å². The number of carbonyl (C=O) groups is 4. The maximum Gasteiger partial charge on any atom is 0.310 e. The molecule has 35 heavy (non-hydrogen) atoms. The van der Waals surface area contributed by atoms with Gasteiger partial charge in [0.2, 0.25) is 0 Å². The summed E-state index contributed by atoms with van der Waals surface area (Å²) in [6.45, 7) is 7.06. The molecule has 2 bridgehead atoms. The highest BCUT2D eigenvalue weighted by Gasteiger charge is 2.55. The fraction of sp³-hybridized carbons (Fsp3) is 0.448. The second kappa shape index (κ2) is 10.1. The Morgan fingerprint density at radius 1 is 0.657 bits per heavy atom. The van der Waals surface area contributed by atoms with Gasteiger partial charge in [0.1, 0.15) is 0 Å². The molecule has 0 radical (unpaired) electrons. The van der Waals surface area contributed by atoms with Crippen molar-refractivity contribution >= 4 is 23.5 Å². The van der Waals surface area contributed by atoms with Crippen molar-refractivity contribution in [3.63, 3.8) is 0 Å². The zero-order valence-corrected chi connectivity index (χ0v) is 20.8. The highest BCUT2D eigenvalue weighted by molar-refractivity contribution is 5.99. The van der Waals surface area contributed by atoms with Crippen molar-refractivity contribution in [1.29, 1.82) is 0 Å². The van der Waals surface area contributed by atoms with Crippen molar-refractivity contribution in [2.75, 3.05) is 13.2 Å². The second-order valence-corrected chi connectivity index (χ2v) is 10.0. The molecule has 2 aromatic carbocycles. The first kappa shape index (κ1) is 24.8. The van der Waals surface area contributed by atoms with E-state index in [1.807, 2.05) is 39.8 Å². The lowest BCUT2D eigenvalue weighted by molar-refractivity contribution is -0.162. The molecule has 2 aliphatic carbocycles. The summed E-state index contributed by atoms with van der Waals surface area (Å²) < 4.78 is 10.8. The average Bonchev–Trinajstić information content (AvgIpc) is 3.46. The molecule has 2 saturated carbocycles. The SMILES string of the molecule is Cc1ccc(C(=O)COC(=O)[C@@H]2[C@H]3CC[C@@H](C3)[C@@H]2C(=O)OCC(=O)c2ccc(C)c(C)c2)cc1C. The maximum atomic E-state index is 13.0. The van der Waals surface area contributed by atoms with E-state index in [2.05, 4.69) is 0 Å². The number of hydrogen-bond acceptors (Lipinski definition) is 6. The van der Waals surface area contributed by atoms with Gasteiger partial charge in [0.15, 0.2) is 24.8 Å². The van der Waals surface area contributed by atoms with Crippen molar-refractivity contribution in [3.05, 3.63) is 69.8 Å². The fourth-order valence-corrected chi connectivity index (χ4v) is 5.43. The number of carbonyl (C=O) groups excluding carboxylic acids is 4. The normalized spacial score (nSPS) is 22.6. The molecule has 2 fully saturated rings. The molecule has 0 aliphatic heterocycles. The van der Waals surface area contributed by atoms with E-state index in [1.54, 1.807) is 24.3 Å². The van der Waals surface area contributed by atoms with Crippen LogP contribution in [0.5, 0.6) is 0 Å². The first-order valence-corrected chi connectivity index (χ1v) is 12.2. The molecule has 4 atom stereocenters. The number of esters is 2. The highest BCUT2D eigenvalue weighted by Crippen LogP contribution is 2.53. The minimum absolute atomic E-state index is 0.0391. The first-order chi connectivity index (χ1) is 16.7. The van der Waals surface area contributed by atoms with Crippen LogP contribution in [0.3, 0.4) is 0 Å². The van der Waals surface area contributed by atoms with E-state index in [4.69, 9.17) is 9.47 Å². The van der Waals surface area contributed by atoms with Crippen LogP contribution in [0.2, 0.25) is 0 Å². The quantitative estimate of drug-likeness (QED) is 0.404. The Hall–Kier alpha value is -3.28. The van der Waals surface area contributed by atoms with Crippen LogP contribution in [-0.4, -0.2) is 36.7 Å². The van der Waals surface area contributed by atoms with E-state index < -0.39 is 23.8 Å². The van der Waals surface area contributed by atoms with Gasteiger partial charge in [-0.25, -0.2) is 0 Å². The molecule has 6 nitrogen and oxygen atoms in total. The summed E-state index contributed by atoms with van der Waals surface area (Å²) in [6.07, 6.45) is 2.46. The second-order valence-electron chi connectivity index (χ2n) is 10.0. The topological polar surface area (TPSA) is 86.7 Å². The molecular formula is C29H32O6. The summed E-state index contributed by atoms with van der Waals surface area (Å²) in [4.78, 5) is 51.1. The molecular weight excluding hydrogens is 444 g/mol. The zero-order chi connectivity index (χ0) is 25.3. The van der Waals surface area contributed by atoms with Crippen molar-refractivity contribution in [2.45, 2.75) is 47.0 Å². The number of hydrogen-bond donors (Lipinski definition) is 0. The van der Waals surface area contributed by atoms with Crippen LogP contribution >= 0.6 is 0 Å². The minimum Gasteiger partial charge on any atom is -0.457 e. The highest BCUT2D eigenvalue weighted by atomic mass is 16.5. The average molecular weight is 477 g/mol. The van der Waals surface area contributed by atoms with Crippen molar-refractivity contribution in [2.24, 2.45) is 23.7 Å². The van der Waals surface area contributed by atoms with Gasteiger partial charge >= 0.3 is 11.9 Å². The van der Waals surface area contributed by atoms with Gasteiger partial charge in [0, 0.05) is 11.1 Å². The van der Waals surface area contributed by atoms with Crippen LogP contribution < -0.4 is 0 Å². The van der Waals surface area contributed by atoms with Gasteiger partial charge in [-0.3, -0.25) is 19.2 Å². The third kappa shape index (κ3) is 5.21. The number of fused-ring (bicyclic) bond motifs is 2. The molecule has 0 amide bonds. The van der Waals surface area contributed by atoms with Crippen LogP contribution in [0, 0.1) is 51.4 Å². The van der Waals surface area contributed by atoms with Gasteiger partial charge in [0.05, 0.1) is 11.8 Å². The third-order valence-corrected chi connectivity index (χ3v) is 7.81. The first-order valence-electron chi connectivity index (χ1n) is 12.2. The summed E-state index contributed by atoms with van der Waals surface area (Å²) in [5, 5.41) is 0. The minimum atomic E-state index is -0.634. The van der Waals surface area contributed by atoms with Crippen LogP contribution in [0.25, 0.3) is 0 Å². The Morgan fingerprint density at radius 2 is 1.06 bits per heavy atom. The fourth-order valence-electron chi connectivity index (χ4n) is 5.43. The Kier molecular flexibility index (Phi) is 7.20. The molecule has 0 saturated heterocycles. The molecule has 2 aliphatic rings. The van der Waals surface area contributed by atoms with Gasteiger partial charge in [0.25, 0.3) is 0 Å². The molecule has 0 unspecified atom stereocenters. The lowest BCUT2D eigenvalue weighted by atomic mass is 9.79. The van der Waals surface area contributed by atoms with E-state index >= 15 is 0 Å². The van der Waals surface area contributed by atoms with Gasteiger partial charge < -0.3 is 9.47 Å². The lowest BCUT2D eigenvalue weighted by Gasteiger charge is -2.27. The largest absolute Gasteiger partial charge is 0.457 e. The number of benzene rings is 2. The Balaban J connectivity index is 1.37. The monoisotopic (exact) mass is 476 g/mol. The predicted octanol–water partition coefficient (Wildman–Crippen LogP) is 4.73. The van der Waals surface area contributed by atoms with Crippen LogP contribution in [0.4, 0.5) is 0 Å². The molecule has 2 aromatic rings. The summed E-state index contributed by atoms with van der Waals surface area (Å²) in [6, 6.07) is 10.8. The summed E-state index contributed by atoms with van der Waals surface area (Å²) in [5.74, 6) is -2.80. The summed E-state index contributed by atoms with van der Waals surface area (Å²) in [7, 11) is 0. The number of aryl methyl sites for hydroxylation is 4. The maximum absolute atomic E-state index is 13.0. The Bertz CT molecular complexity index is 1090. The van der Waals surface area contributed by atoms with Crippen LogP contribution in [-0.2, 0) is 19.1 Å². The van der Waals surface area contributed by atoms with Gasteiger partial charge in [-0.15, -0.1) is 0 Å². The molecule has 6 heteroatoms. The molecule has 0 aromatic heterocycles. The summed E-state index contributed by atoms with van der Waals surface area (Å²) in [5.41, 5.74) is 5.14. The van der Waals surface area contributed by atoms with Crippen molar-refractivity contribution < 1.29 is 28.7 Å². The number of rotatable bonds is 8. The smallest absolute Gasteiger partial charge is 0.310 e. The van der Waals surface area contributed by atoms with E-state index in [-0.39, 0.29) is 36.6 Å². The number of ether oxygens (including phenoxy) is 2. The van der Waals surface area contributed by atoms with E-state index in [1.165, 1.54) is 0 Å². The molecule has 4 rings (SSSR count). The van der Waals surface area contributed by atoms with Gasteiger partial charge in [-0.1, -0.05) is 24.3 Å². The Labute approximate surface area is 206 Å². The van der Waals surface area contributed by atoms with E-state index in [0.29, 0.717) is 11.1 Å². The molecule has 0 spiro atoms. The Morgan fingerprint density at radius 3 is 1.43 bits per heavy atom. The molecule has 184 valence electrons. The van der Waals surface area contributed by atoms with Crippen molar-refractivity contribution in [1.82, 2.24) is 0 Å². The molecule has 0 heterocycles. The third-order valence-electron chi connectivity index (χ3n) is 7.81. The van der Waals surface area contributed by atoms with E-state index in [9.17, 15) is 19.2 Å². The predicted molar refractivity (Wildman–Crippen MR) is 130 cm³/mol. The van der Waals surface area contributed by atoms with Crippen molar-refractivity contribution in [3.8, 4) is 0 Å². The number of Topliss-reactive ketones (excluding diaryl/α,β-unsaturated/α-hetero) is 2. The van der Waals surface area contributed by atoms with Crippen LogP contribution in [0.15, 0.2) is 36.4 Å². The van der Waals surface area contributed by atoms with Gasteiger partial charge in [-0.05, 0) is 93.2 Å². The standard InChI is InChI=1S/C29H32O6/c1-16-5-7-20(11-18(16)3)24(30)14-34-28(32)26-22-9-10-23(13-22)27(26)29(33)35-15-25(31)21-8-6-17(2)19(4)12-21/h5-8,11-12,22-23,26-27H,9-10,13-15H2,1-4H3/t22-,23-,26-,27+/m0/s1. The lowest BCUT2D eigenvalue weighted by Crippen LogP contribution is -2.38. The zero-order valence-electron chi connectivity index (χ0n) is 20.8.